The Hall–Kier alpha value is 1.32. The van der Waals surface area contributed by atoms with Crippen molar-refractivity contribution in [2.24, 2.45) is 5.92 Å². The monoisotopic (exact) mass is 322 g/mol. The molecule has 2 unspecified atom stereocenters. The molecule has 13 heteroatoms. The number of carboxylic acids is 3. The molecule has 0 aliphatic heterocycles. The van der Waals surface area contributed by atoms with Gasteiger partial charge in [-0.25, -0.2) is 0 Å². The molecule has 92 valence electrons. The summed E-state index contributed by atoms with van der Waals surface area (Å²) in [5.74, 6) is -9.22. The molecule has 0 spiro atoms. The molecule has 0 aromatic rings. The van der Waals surface area contributed by atoms with Gasteiger partial charge >= 0.3 is 88.7 Å². The Balaban J connectivity index is -0.000000375. The van der Waals surface area contributed by atoms with E-state index in [9.17, 15) is 38.1 Å². The first kappa shape index (κ1) is 28.5. The van der Waals surface area contributed by atoms with E-state index in [1.165, 1.54) is 0 Å². The first-order chi connectivity index (χ1) is 7.07. The van der Waals surface area contributed by atoms with Crippen LogP contribution >= 0.6 is 0 Å². The summed E-state index contributed by atoms with van der Waals surface area (Å²) in [5, 5.41) is 27.8. The normalized spacial score (nSPS) is 12.7. The van der Waals surface area contributed by atoms with Crippen LogP contribution in [0.25, 0.3) is 0 Å². The molecule has 0 aliphatic carbocycles. The van der Waals surface area contributed by atoms with Crippen molar-refractivity contribution in [3.63, 3.8) is 0 Å². The topological polar surface area (TPSA) is 175 Å². The van der Waals surface area contributed by atoms with Crippen molar-refractivity contribution in [3.05, 3.63) is 0 Å². The average Bonchev–Trinajstić information content (AvgIpc) is 1.97. The van der Waals surface area contributed by atoms with Gasteiger partial charge in [-0.1, -0.05) is 0 Å². The third-order valence-electron chi connectivity index (χ3n) is 1.61. The minimum absolute atomic E-state index is 0. The SMILES string of the molecule is O=C([O-])CC(C(=O)[O-])C(C(=O)[O-])S(=O)(=O)O.[Na+].[Na+].[Na+]. The van der Waals surface area contributed by atoms with Crippen LogP contribution < -0.4 is 104 Å². The second kappa shape index (κ2) is 11.9. The predicted molar refractivity (Wildman–Crippen MR) is 38.5 cm³/mol. The van der Waals surface area contributed by atoms with E-state index in [2.05, 4.69) is 0 Å². The number of carbonyl (C=O) groups is 3. The molecule has 0 bridgehead atoms. The molecule has 9 nitrogen and oxygen atoms in total. The maximum absolute atomic E-state index is 10.5. The largest absolute Gasteiger partial charge is 1.00 e. The standard InChI is InChI=1S/C6H8O9S.3Na/c7-3(8)1-2(5(9)10)4(6(11)12)16(13,14)15;;;/h2,4H,1H2,(H,7,8)(H,9,10)(H,11,12)(H,13,14,15);;;/q;3*+1/p-3. The number of aliphatic carboxylic acids is 3. The van der Waals surface area contributed by atoms with Gasteiger partial charge in [0.2, 0.25) is 0 Å². The Kier molecular flexibility index (Phi) is 17.9. The average molecular weight is 322 g/mol. The third-order valence-corrected chi connectivity index (χ3v) is 2.77. The Morgan fingerprint density at radius 2 is 1.32 bits per heavy atom. The van der Waals surface area contributed by atoms with Crippen molar-refractivity contribution < 1.29 is 131 Å². The Bertz CT molecular complexity index is 420. The van der Waals surface area contributed by atoms with E-state index >= 15 is 0 Å². The number of hydrogen-bond donors (Lipinski definition) is 1. The molecule has 1 N–H and O–H groups in total. The molecular formula is C6H5Na3O9S. The number of carboxylic acid groups (broad SMARTS) is 3. The van der Waals surface area contributed by atoms with Gasteiger partial charge in [0.15, 0.2) is 0 Å². The minimum atomic E-state index is -5.33. The summed E-state index contributed by atoms with van der Waals surface area (Å²) in [6.45, 7) is 0. The summed E-state index contributed by atoms with van der Waals surface area (Å²) < 4.78 is 29.5. The Morgan fingerprint density at radius 1 is 0.947 bits per heavy atom. The van der Waals surface area contributed by atoms with Gasteiger partial charge in [0.05, 0.1) is 5.97 Å². The first-order valence-electron chi connectivity index (χ1n) is 3.65. The van der Waals surface area contributed by atoms with Crippen LogP contribution in [-0.4, -0.2) is 36.1 Å². The van der Waals surface area contributed by atoms with Gasteiger partial charge in [-0.2, -0.15) is 8.42 Å². The molecule has 0 aromatic heterocycles. The van der Waals surface area contributed by atoms with E-state index in [1.807, 2.05) is 0 Å². The van der Waals surface area contributed by atoms with E-state index in [0.29, 0.717) is 0 Å². The summed E-state index contributed by atoms with van der Waals surface area (Å²) in [4.78, 5) is 30.8. The molecule has 0 saturated heterocycles. The van der Waals surface area contributed by atoms with Gasteiger partial charge in [0.25, 0.3) is 10.1 Å². The summed E-state index contributed by atoms with van der Waals surface area (Å²) in [6, 6.07) is 0. The van der Waals surface area contributed by atoms with Crippen molar-refractivity contribution in [2.45, 2.75) is 11.7 Å². The van der Waals surface area contributed by atoms with Gasteiger partial charge in [-0.05, 0) is 6.42 Å². The van der Waals surface area contributed by atoms with Gasteiger partial charge < -0.3 is 29.7 Å². The summed E-state index contributed by atoms with van der Waals surface area (Å²) in [6.07, 6.45) is -1.44. The van der Waals surface area contributed by atoms with Crippen molar-refractivity contribution in [1.82, 2.24) is 0 Å². The maximum atomic E-state index is 10.5. The third kappa shape index (κ3) is 10.7. The molecule has 0 rings (SSSR count). The molecule has 0 saturated carbocycles. The number of hydrogen-bond acceptors (Lipinski definition) is 8. The van der Waals surface area contributed by atoms with Gasteiger partial charge in [-0.15, -0.1) is 0 Å². The molecule has 2 atom stereocenters. The first-order valence-corrected chi connectivity index (χ1v) is 5.15. The van der Waals surface area contributed by atoms with Gasteiger partial charge in [0, 0.05) is 17.9 Å². The zero-order valence-corrected chi connectivity index (χ0v) is 17.3. The molecule has 0 aliphatic rings. The van der Waals surface area contributed by atoms with Crippen LogP contribution in [0.5, 0.6) is 0 Å². The molecule has 0 heterocycles. The second-order valence-electron chi connectivity index (χ2n) is 2.76. The minimum Gasteiger partial charge on any atom is -0.550 e. The van der Waals surface area contributed by atoms with Crippen molar-refractivity contribution >= 4 is 28.0 Å². The second-order valence-corrected chi connectivity index (χ2v) is 4.29. The summed E-state index contributed by atoms with van der Waals surface area (Å²) in [5.41, 5.74) is 0. The van der Waals surface area contributed by atoms with Crippen LogP contribution in [-0.2, 0) is 24.5 Å². The van der Waals surface area contributed by atoms with E-state index in [4.69, 9.17) is 4.55 Å². The summed E-state index contributed by atoms with van der Waals surface area (Å²) >= 11 is 0. The van der Waals surface area contributed by atoms with Gasteiger partial charge in [-0.3, -0.25) is 4.55 Å². The van der Waals surface area contributed by atoms with E-state index in [0.717, 1.165) is 0 Å². The number of rotatable bonds is 6. The molecule has 19 heavy (non-hydrogen) atoms. The van der Waals surface area contributed by atoms with E-state index in [1.54, 1.807) is 0 Å². The van der Waals surface area contributed by atoms with Crippen molar-refractivity contribution in [3.8, 4) is 0 Å². The van der Waals surface area contributed by atoms with Crippen LogP contribution in [0.3, 0.4) is 0 Å². The number of carbonyl (C=O) groups excluding carboxylic acids is 3. The van der Waals surface area contributed by atoms with Crippen LogP contribution in [0.2, 0.25) is 0 Å². The smallest absolute Gasteiger partial charge is 0.550 e. The molecule has 0 fully saturated rings. The fourth-order valence-electron chi connectivity index (χ4n) is 0.987. The quantitative estimate of drug-likeness (QED) is 0.367. The van der Waals surface area contributed by atoms with Crippen LogP contribution in [0.4, 0.5) is 0 Å². The molecule has 0 aromatic carbocycles. The Morgan fingerprint density at radius 3 is 1.47 bits per heavy atom. The van der Waals surface area contributed by atoms with E-state index in [-0.39, 0.29) is 88.7 Å². The van der Waals surface area contributed by atoms with Crippen molar-refractivity contribution in [1.29, 1.82) is 0 Å². The fourth-order valence-corrected chi connectivity index (χ4v) is 1.85. The van der Waals surface area contributed by atoms with Crippen LogP contribution in [0.15, 0.2) is 0 Å². The molecular weight excluding hydrogens is 317 g/mol. The molecule has 0 radical (unpaired) electrons. The zero-order valence-electron chi connectivity index (χ0n) is 10.5. The van der Waals surface area contributed by atoms with E-state index < -0.39 is 45.6 Å². The van der Waals surface area contributed by atoms with Crippen LogP contribution in [0, 0.1) is 5.92 Å². The zero-order chi connectivity index (χ0) is 13.1. The Labute approximate surface area is 174 Å². The van der Waals surface area contributed by atoms with Crippen molar-refractivity contribution in [2.75, 3.05) is 0 Å². The van der Waals surface area contributed by atoms with Crippen LogP contribution in [0.1, 0.15) is 6.42 Å². The predicted octanol–water partition coefficient (Wildman–Crippen LogP) is -14.5. The molecule has 0 amide bonds. The fraction of sp³-hybridized carbons (Fsp3) is 0.500. The van der Waals surface area contributed by atoms with Gasteiger partial charge in [0.1, 0.15) is 5.25 Å². The summed E-state index contributed by atoms with van der Waals surface area (Å²) in [7, 11) is -5.33. The maximum Gasteiger partial charge on any atom is 1.00 e.